The molecule has 1 aromatic rings. The highest BCUT2D eigenvalue weighted by Crippen LogP contribution is 2.62. The molecule has 0 aliphatic heterocycles. The summed E-state index contributed by atoms with van der Waals surface area (Å²) in [6.45, 7) is 4.19. The summed E-state index contributed by atoms with van der Waals surface area (Å²) in [5.74, 6) is 1.72. The molecular weight excluding hydrogens is 276 g/mol. The Hall–Kier alpha value is -1.48. The van der Waals surface area contributed by atoms with Gasteiger partial charge in [-0.1, -0.05) is 13.0 Å². The maximum Gasteiger partial charge on any atom is 0.115 e. The molecule has 3 unspecified atom stereocenters. The molecule has 1 saturated carbocycles. The molecule has 3 heteroatoms. The van der Waals surface area contributed by atoms with Crippen LogP contribution in [0.5, 0.6) is 5.75 Å². The summed E-state index contributed by atoms with van der Waals surface area (Å²) in [5.41, 5.74) is 3.31. The summed E-state index contributed by atoms with van der Waals surface area (Å²) in [4.78, 5) is 0. The molecule has 0 saturated heterocycles. The van der Waals surface area contributed by atoms with E-state index in [9.17, 15) is 15.3 Å². The highest BCUT2D eigenvalue weighted by atomic mass is 16.3. The van der Waals surface area contributed by atoms with Crippen LogP contribution in [0.2, 0.25) is 0 Å². The minimum atomic E-state index is -0.386. The van der Waals surface area contributed by atoms with E-state index in [0.717, 1.165) is 30.4 Å². The van der Waals surface area contributed by atoms with Crippen molar-refractivity contribution < 1.29 is 15.3 Å². The van der Waals surface area contributed by atoms with Crippen molar-refractivity contribution >= 4 is 0 Å². The first-order valence-corrected chi connectivity index (χ1v) is 8.31. The van der Waals surface area contributed by atoms with Gasteiger partial charge in [-0.3, -0.25) is 0 Å². The number of aliphatic hydroxyl groups is 2. The van der Waals surface area contributed by atoms with E-state index in [1.807, 2.05) is 13.0 Å². The Balaban J connectivity index is 1.77. The number of aliphatic hydroxyl groups excluding tert-OH is 2. The molecule has 0 radical (unpaired) electrons. The zero-order valence-corrected chi connectivity index (χ0v) is 13.2. The largest absolute Gasteiger partial charge is 0.512 e. The molecule has 1 fully saturated rings. The van der Waals surface area contributed by atoms with Crippen molar-refractivity contribution in [3.8, 4) is 5.75 Å². The summed E-state index contributed by atoms with van der Waals surface area (Å²) >= 11 is 0. The normalized spacial score (nSPS) is 40.1. The minimum Gasteiger partial charge on any atom is -0.512 e. The standard InChI is InChI=1S/C19H24O3/c1-10-7-15-17-14(5-6-19(15,2)18(10)22)13-4-3-12(20)8-11(13)9-16(17)21/h3-4,8,14-17,20-22H,5-7,9H2,1-2H3/t14?,15?,16-,17?,19-/m0/s1. The number of rotatable bonds is 0. The zero-order valence-electron chi connectivity index (χ0n) is 13.2. The fourth-order valence-corrected chi connectivity index (χ4v) is 5.50. The average Bonchev–Trinajstić information content (AvgIpc) is 2.70. The third-order valence-corrected chi connectivity index (χ3v) is 6.59. The van der Waals surface area contributed by atoms with Gasteiger partial charge < -0.3 is 15.3 Å². The molecule has 22 heavy (non-hydrogen) atoms. The fraction of sp³-hybridized carbons (Fsp3) is 0.579. The Morgan fingerprint density at radius 1 is 1.18 bits per heavy atom. The van der Waals surface area contributed by atoms with Gasteiger partial charge in [0.25, 0.3) is 0 Å². The van der Waals surface area contributed by atoms with Gasteiger partial charge in [0.15, 0.2) is 0 Å². The van der Waals surface area contributed by atoms with Gasteiger partial charge in [0.1, 0.15) is 5.75 Å². The van der Waals surface area contributed by atoms with Crippen LogP contribution in [0.4, 0.5) is 0 Å². The lowest BCUT2D eigenvalue weighted by atomic mass is 9.54. The van der Waals surface area contributed by atoms with Crippen molar-refractivity contribution in [2.75, 3.05) is 0 Å². The van der Waals surface area contributed by atoms with Crippen LogP contribution in [-0.2, 0) is 6.42 Å². The third-order valence-electron chi connectivity index (χ3n) is 6.59. The van der Waals surface area contributed by atoms with Crippen LogP contribution in [-0.4, -0.2) is 21.4 Å². The summed E-state index contributed by atoms with van der Waals surface area (Å²) in [7, 11) is 0. The van der Waals surface area contributed by atoms with Gasteiger partial charge in [-0.15, -0.1) is 0 Å². The van der Waals surface area contributed by atoms with Gasteiger partial charge in [-0.05, 0) is 79.2 Å². The molecule has 4 rings (SSSR count). The smallest absolute Gasteiger partial charge is 0.115 e. The first kappa shape index (κ1) is 14.1. The van der Waals surface area contributed by atoms with Crippen molar-refractivity contribution in [2.45, 2.75) is 51.6 Å². The molecule has 3 aliphatic rings. The van der Waals surface area contributed by atoms with Crippen LogP contribution in [0.1, 0.15) is 50.2 Å². The van der Waals surface area contributed by atoms with Crippen molar-refractivity contribution in [3.05, 3.63) is 40.7 Å². The number of fused-ring (bicyclic) bond motifs is 5. The number of hydrogen-bond acceptors (Lipinski definition) is 3. The lowest BCUT2D eigenvalue weighted by molar-refractivity contribution is -0.0289. The van der Waals surface area contributed by atoms with Crippen molar-refractivity contribution in [2.24, 2.45) is 17.3 Å². The van der Waals surface area contributed by atoms with Crippen LogP contribution in [0.25, 0.3) is 0 Å². The lowest BCUT2D eigenvalue weighted by Gasteiger charge is -2.51. The summed E-state index contributed by atoms with van der Waals surface area (Å²) in [5, 5.41) is 31.0. The van der Waals surface area contributed by atoms with Gasteiger partial charge in [-0.25, -0.2) is 0 Å². The first-order chi connectivity index (χ1) is 10.4. The zero-order chi connectivity index (χ0) is 15.6. The molecule has 0 amide bonds. The van der Waals surface area contributed by atoms with E-state index < -0.39 is 0 Å². The van der Waals surface area contributed by atoms with Crippen molar-refractivity contribution in [1.29, 1.82) is 0 Å². The molecule has 0 aromatic heterocycles. The monoisotopic (exact) mass is 300 g/mol. The Kier molecular flexibility index (Phi) is 2.90. The molecular formula is C19H24O3. The molecule has 0 bridgehead atoms. The highest BCUT2D eigenvalue weighted by molar-refractivity contribution is 5.42. The van der Waals surface area contributed by atoms with Gasteiger partial charge in [-0.2, -0.15) is 0 Å². The second-order valence-corrected chi connectivity index (χ2v) is 7.73. The van der Waals surface area contributed by atoms with E-state index in [2.05, 4.69) is 6.92 Å². The van der Waals surface area contributed by atoms with Crippen LogP contribution < -0.4 is 0 Å². The predicted octanol–water partition coefficient (Wildman–Crippen LogP) is 3.66. The van der Waals surface area contributed by atoms with Crippen molar-refractivity contribution in [3.63, 3.8) is 0 Å². The molecule has 3 aliphatic carbocycles. The lowest BCUT2D eigenvalue weighted by Crippen LogP contribution is -2.47. The van der Waals surface area contributed by atoms with E-state index in [4.69, 9.17) is 0 Å². The van der Waals surface area contributed by atoms with Gasteiger partial charge in [0, 0.05) is 5.41 Å². The van der Waals surface area contributed by atoms with Crippen LogP contribution in [0, 0.1) is 17.3 Å². The summed E-state index contributed by atoms with van der Waals surface area (Å²) in [6.07, 6.45) is 3.08. The number of benzene rings is 1. The quantitative estimate of drug-likeness (QED) is 0.685. The second kappa shape index (κ2) is 4.51. The summed E-state index contributed by atoms with van der Waals surface area (Å²) < 4.78 is 0. The van der Waals surface area contributed by atoms with Crippen molar-refractivity contribution in [1.82, 2.24) is 0 Å². The SMILES string of the molecule is CC1=C(O)[C@@]2(C)CCC3c4ccc(O)cc4C[C@H](O)C3C2C1. The van der Waals surface area contributed by atoms with Gasteiger partial charge in [0.05, 0.1) is 11.9 Å². The molecule has 118 valence electrons. The number of aromatic hydroxyl groups is 1. The van der Waals surface area contributed by atoms with Crippen LogP contribution in [0.15, 0.2) is 29.5 Å². The Labute approximate surface area is 131 Å². The Morgan fingerprint density at radius 3 is 2.73 bits per heavy atom. The molecule has 3 nitrogen and oxygen atoms in total. The topological polar surface area (TPSA) is 60.7 Å². The Bertz CT molecular complexity index is 663. The molecule has 3 N–H and O–H groups in total. The number of phenolic OH excluding ortho intramolecular Hbond substituents is 1. The fourth-order valence-electron chi connectivity index (χ4n) is 5.50. The number of phenols is 1. The average molecular weight is 300 g/mol. The molecule has 0 spiro atoms. The van der Waals surface area contributed by atoms with Crippen LogP contribution in [0.3, 0.4) is 0 Å². The first-order valence-electron chi connectivity index (χ1n) is 8.31. The highest BCUT2D eigenvalue weighted by Gasteiger charge is 2.55. The van der Waals surface area contributed by atoms with Gasteiger partial charge >= 0.3 is 0 Å². The van der Waals surface area contributed by atoms with Gasteiger partial charge in [0.2, 0.25) is 0 Å². The molecule has 5 atom stereocenters. The minimum absolute atomic E-state index is 0.166. The van der Waals surface area contributed by atoms with Crippen LogP contribution >= 0.6 is 0 Å². The molecule has 0 heterocycles. The van der Waals surface area contributed by atoms with E-state index in [1.54, 1.807) is 12.1 Å². The predicted molar refractivity (Wildman–Crippen MR) is 84.8 cm³/mol. The second-order valence-electron chi connectivity index (χ2n) is 7.73. The van der Waals surface area contributed by atoms with E-state index in [0.29, 0.717) is 24.0 Å². The number of hydrogen-bond donors (Lipinski definition) is 3. The molecule has 1 aromatic carbocycles. The third kappa shape index (κ3) is 1.72. The Morgan fingerprint density at radius 2 is 1.95 bits per heavy atom. The summed E-state index contributed by atoms with van der Waals surface area (Å²) in [6, 6.07) is 5.60. The van der Waals surface area contributed by atoms with E-state index in [-0.39, 0.29) is 23.2 Å². The number of allylic oxidation sites excluding steroid dienone is 2. The van der Waals surface area contributed by atoms with E-state index in [1.165, 1.54) is 5.56 Å². The maximum absolute atomic E-state index is 10.8. The maximum atomic E-state index is 10.8. The van der Waals surface area contributed by atoms with E-state index >= 15 is 0 Å².